The van der Waals surface area contributed by atoms with Gasteiger partial charge in [-0.3, -0.25) is 9.36 Å². The van der Waals surface area contributed by atoms with Crippen molar-refractivity contribution in [2.45, 2.75) is 0 Å². The van der Waals surface area contributed by atoms with Crippen LogP contribution in [-0.4, -0.2) is 52.1 Å². The van der Waals surface area contributed by atoms with E-state index in [0.29, 0.717) is 54.2 Å². The number of phenols is 1. The predicted octanol–water partition coefficient (Wildman–Crippen LogP) is 3.70. The first-order valence-corrected chi connectivity index (χ1v) is 11.5. The molecule has 0 atom stereocenters. The van der Waals surface area contributed by atoms with Gasteiger partial charge in [0.25, 0.3) is 0 Å². The maximum Gasteiger partial charge on any atom is 0.354 e. The molecule has 1 saturated heterocycles. The molecular formula is C26H19ClFN5O3. The molecule has 4 aromatic rings. The molecule has 36 heavy (non-hydrogen) atoms. The molecule has 2 heterocycles. The summed E-state index contributed by atoms with van der Waals surface area (Å²) < 4.78 is 16.1. The molecule has 0 saturated carbocycles. The Morgan fingerprint density at radius 1 is 1.08 bits per heavy atom. The maximum atomic E-state index is 14.8. The minimum Gasteiger partial charge on any atom is -0.507 e. The summed E-state index contributed by atoms with van der Waals surface area (Å²) in [6.07, 6.45) is 0.785. The first kappa shape index (κ1) is 23.3. The number of nitrogens with zero attached hydrogens (tertiary/aromatic N) is 5. The summed E-state index contributed by atoms with van der Waals surface area (Å²) in [5.74, 6) is -0.578. The zero-order chi connectivity index (χ0) is 25.4. The van der Waals surface area contributed by atoms with E-state index < -0.39 is 11.5 Å². The minimum absolute atomic E-state index is 0.0906. The molecule has 1 fully saturated rings. The summed E-state index contributed by atoms with van der Waals surface area (Å²) in [7, 11) is 0. The Balaban J connectivity index is 1.81. The number of nitriles is 1. The van der Waals surface area contributed by atoms with E-state index in [1.54, 1.807) is 41.3 Å². The second kappa shape index (κ2) is 9.32. The largest absolute Gasteiger partial charge is 0.507 e. The molecule has 3 aromatic carbocycles. The number of rotatable bonds is 4. The summed E-state index contributed by atoms with van der Waals surface area (Å²) in [5.41, 5.74) is 0.637. The van der Waals surface area contributed by atoms with Gasteiger partial charge in [-0.2, -0.15) is 10.2 Å². The molecular weight excluding hydrogens is 485 g/mol. The predicted molar refractivity (Wildman–Crippen MR) is 134 cm³/mol. The standard InChI is InChI=1S/C26H19ClFN5O3/c27-20-12-19-22(13-18(20)24-21(28)5-2-6-23(24)35)33(17-4-1-3-16(11-17)14-29)26(36)30-25(19)32-9-7-31(15-34)8-10-32/h1-6,11-13,15,35H,7-10H2. The van der Waals surface area contributed by atoms with Crippen molar-refractivity contribution in [3.05, 3.63) is 81.5 Å². The lowest BCUT2D eigenvalue weighted by molar-refractivity contribution is -0.118. The number of hydrogen-bond donors (Lipinski definition) is 1. The lowest BCUT2D eigenvalue weighted by Crippen LogP contribution is -2.46. The van der Waals surface area contributed by atoms with Crippen molar-refractivity contribution in [1.29, 1.82) is 5.26 Å². The van der Waals surface area contributed by atoms with Crippen LogP contribution in [0.5, 0.6) is 5.75 Å². The van der Waals surface area contributed by atoms with E-state index in [1.807, 2.05) is 4.90 Å². The van der Waals surface area contributed by atoms with Gasteiger partial charge in [-0.15, -0.1) is 0 Å². The monoisotopic (exact) mass is 503 g/mol. The van der Waals surface area contributed by atoms with Crippen LogP contribution in [0.2, 0.25) is 5.02 Å². The fourth-order valence-corrected chi connectivity index (χ4v) is 4.70. The molecule has 180 valence electrons. The molecule has 0 radical (unpaired) electrons. The molecule has 10 heteroatoms. The van der Waals surface area contributed by atoms with E-state index in [-0.39, 0.29) is 21.9 Å². The minimum atomic E-state index is -0.670. The van der Waals surface area contributed by atoms with E-state index in [1.165, 1.54) is 22.8 Å². The summed E-state index contributed by atoms with van der Waals surface area (Å²) in [4.78, 5) is 32.4. The van der Waals surface area contributed by atoms with Gasteiger partial charge in [-0.25, -0.2) is 9.18 Å². The molecule has 0 bridgehead atoms. The van der Waals surface area contributed by atoms with E-state index in [0.717, 1.165) is 6.41 Å². The number of carbonyl (C=O) groups excluding carboxylic acids is 1. The first-order chi connectivity index (χ1) is 17.4. The van der Waals surface area contributed by atoms with Gasteiger partial charge in [0.05, 0.1) is 28.4 Å². The topological polar surface area (TPSA) is 102 Å². The number of halogens is 2. The molecule has 0 aliphatic carbocycles. The second-order valence-corrected chi connectivity index (χ2v) is 8.73. The molecule has 1 aromatic heterocycles. The molecule has 8 nitrogen and oxygen atoms in total. The number of amides is 1. The van der Waals surface area contributed by atoms with Crippen molar-refractivity contribution < 1.29 is 14.3 Å². The SMILES string of the molecule is N#Cc1cccc(-n2c(=O)nc(N3CCN(C=O)CC3)c3cc(Cl)c(-c4c(O)cccc4F)cc32)c1. The zero-order valence-electron chi connectivity index (χ0n) is 18.9. The number of piperazine rings is 1. The average molecular weight is 504 g/mol. The number of aromatic nitrogens is 2. The first-order valence-electron chi connectivity index (χ1n) is 11.1. The van der Waals surface area contributed by atoms with Crippen molar-refractivity contribution in [2.24, 2.45) is 0 Å². The van der Waals surface area contributed by atoms with Crippen LogP contribution in [0.1, 0.15) is 5.56 Å². The van der Waals surface area contributed by atoms with Gasteiger partial charge in [0.2, 0.25) is 6.41 Å². The average Bonchev–Trinajstić information content (AvgIpc) is 2.89. The third-order valence-electron chi connectivity index (χ3n) is 6.22. The molecule has 5 rings (SSSR count). The highest BCUT2D eigenvalue weighted by atomic mass is 35.5. The van der Waals surface area contributed by atoms with E-state index >= 15 is 0 Å². The zero-order valence-corrected chi connectivity index (χ0v) is 19.6. The normalized spacial score (nSPS) is 13.6. The number of anilines is 1. The van der Waals surface area contributed by atoms with Crippen molar-refractivity contribution in [2.75, 3.05) is 31.1 Å². The summed E-state index contributed by atoms with van der Waals surface area (Å²) in [6.45, 7) is 1.85. The van der Waals surface area contributed by atoms with Crippen LogP contribution in [0.25, 0.3) is 27.7 Å². The van der Waals surface area contributed by atoms with Gasteiger partial charge in [0.1, 0.15) is 17.4 Å². The molecule has 0 spiro atoms. The van der Waals surface area contributed by atoms with Crippen molar-refractivity contribution in [1.82, 2.24) is 14.5 Å². The third-order valence-corrected chi connectivity index (χ3v) is 6.53. The molecule has 1 amide bonds. The number of benzene rings is 3. The summed E-state index contributed by atoms with van der Waals surface area (Å²) in [6, 6.07) is 15.6. The third kappa shape index (κ3) is 4.01. The molecule has 1 aliphatic heterocycles. The highest BCUT2D eigenvalue weighted by molar-refractivity contribution is 6.34. The van der Waals surface area contributed by atoms with Gasteiger partial charge >= 0.3 is 5.69 Å². The lowest BCUT2D eigenvalue weighted by Gasteiger charge is -2.34. The van der Waals surface area contributed by atoms with E-state index in [2.05, 4.69) is 11.1 Å². The number of hydrogen-bond acceptors (Lipinski definition) is 6. The van der Waals surface area contributed by atoms with Crippen molar-refractivity contribution in [3.63, 3.8) is 0 Å². The second-order valence-electron chi connectivity index (χ2n) is 8.33. The molecule has 1 N–H and O–H groups in total. The van der Waals surface area contributed by atoms with Crippen LogP contribution in [0, 0.1) is 17.1 Å². The number of carbonyl (C=O) groups is 1. The van der Waals surface area contributed by atoms with Gasteiger partial charge in [0.15, 0.2) is 0 Å². The Bertz CT molecular complexity index is 1590. The maximum absolute atomic E-state index is 14.8. The van der Waals surface area contributed by atoms with Crippen molar-refractivity contribution in [3.8, 4) is 28.6 Å². The fraction of sp³-hybridized carbons (Fsp3) is 0.154. The number of fused-ring (bicyclic) bond motifs is 1. The Kier molecular flexibility index (Phi) is 6.04. The van der Waals surface area contributed by atoms with Crippen LogP contribution in [-0.2, 0) is 4.79 Å². The van der Waals surface area contributed by atoms with Crippen LogP contribution in [0.15, 0.2) is 59.4 Å². The van der Waals surface area contributed by atoms with Crippen LogP contribution in [0.4, 0.5) is 10.2 Å². The number of phenolic OH excluding ortho intramolecular Hbond substituents is 1. The molecule has 0 unspecified atom stereocenters. The number of aromatic hydroxyl groups is 1. The fourth-order valence-electron chi connectivity index (χ4n) is 4.45. The lowest BCUT2D eigenvalue weighted by atomic mass is 10.0. The van der Waals surface area contributed by atoms with Crippen LogP contribution in [0.3, 0.4) is 0 Å². The van der Waals surface area contributed by atoms with Crippen LogP contribution < -0.4 is 10.6 Å². The summed E-state index contributed by atoms with van der Waals surface area (Å²) in [5, 5.41) is 20.5. The Morgan fingerprint density at radius 3 is 2.53 bits per heavy atom. The summed E-state index contributed by atoms with van der Waals surface area (Å²) >= 11 is 6.61. The highest BCUT2D eigenvalue weighted by Gasteiger charge is 2.24. The molecule has 1 aliphatic rings. The van der Waals surface area contributed by atoms with Gasteiger partial charge in [-0.05, 0) is 42.5 Å². The Morgan fingerprint density at radius 2 is 1.83 bits per heavy atom. The van der Waals surface area contributed by atoms with Crippen molar-refractivity contribution >= 4 is 34.7 Å². The van der Waals surface area contributed by atoms with Gasteiger partial charge < -0.3 is 14.9 Å². The quantitative estimate of drug-likeness (QED) is 0.426. The van der Waals surface area contributed by atoms with E-state index in [9.17, 15) is 24.3 Å². The van der Waals surface area contributed by atoms with Crippen LogP contribution >= 0.6 is 11.6 Å². The van der Waals surface area contributed by atoms with Gasteiger partial charge in [-0.1, -0.05) is 23.7 Å². The smallest absolute Gasteiger partial charge is 0.354 e. The Labute approximate surface area is 210 Å². The van der Waals surface area contributed by atoms with E-state index in [4.69, 9.17) is 11.6 Å². The van der Waals surface area contributed by atoms with Gasteiger partial charge in [0, 0.05) is 42.2 Å². The Hall–Kier alpha value is -4.42. The highest BCUT2D eigenvalue weighted by Crippen LogP contribution is 2.40.